The lowest BCUT2D eigenvalue weighted by atomic mass is 10.1. The van der Waals surface area contributed by atoms with Crippen molar-refractivity contribution >= 4 is 11.3 Å². The van der Waals surface area contributed by atoms with E-state index in [9.17, 15) is 5.11 Å². The van der Waals surface area contributed by atoms with Gasteiger partial charge >= 0.3 is 0 Å². The molecule has 2 aromatic rings. The second kappa shape index (κ2) is 5.87. The highest BCUT2D eigenvalue weighted by atomic mass is 32.1. The zero-order valence-corrected chi connectivity index (χ0v) is 11.8. The maximum absolute atomic E-state index is 9.70. The van der Waals surface area contributed by atoms with E-state index < -0.39 is 0 Å². The molecule has 1 fully saturated rings. The lowest BCUT2D eigenvalue weighted by Gasteiger charge is -2.29. The number of rotatable bonds is 3. The van der Waals surface area contributed by atoms with Crippen LogP contribution in [0.5, 0.6) is 0 Å². The molecule has 1 N–H and O–H groups in total. The second-order valence-electron chi connectivity index (χ2n) is 5.16. The SMILES string of the molecule is O[C@@H]1CCCN(Cc2ccc(-c3ccccc3)s2)C1. The molecule has 1 aliphatic heterocycles. The Morgan fingerprint density at radius 1 is 1.16 bits per heavy atom. The van der Waals surface area contributed by atoms with Crippen LogP contribution >= 0.6 is 11.3 Å². The first-order valence-corrected chi connectivity index (χ1v) is 7.67. The molecule has 2 nitrogen and oxygen atoms in total. The number of piperidine rings is 1. The summed E-state index contributed by atoms with van der Waals surface area (Å²) in [5.74, 6) is 0. The molecule has 3 rings (SSSR count). The molecule has 0 radical (unpaired) electrons. The van der Waals surface area contributed by atoms with Gasteiger partial charge in [-0.25, -0.2) is 0 Å². The van der Waals surface area contributed by atoms with Gasteiger partial charge in [0.25, 0.3) is 0 Å². The predicted octanol–water partition coefficient (Wildman–Crippen LogP) is 3.37. The quantitative estimate of drug-likeness (QED) is 0.927. The fourth-order valence-corrected chi connectivity index (χ4v) is 3.67. The first kappa shape index (κ1) is 12.9. The van der Waals surface area contributed by atoms with E-state index in [1.807, 2.05) is 17.4 Å². The largest absolute Gasteiger partial charge is 0.392 e. The standard InChI is InChI=1S/C16H19NOS/c18-14-7-4-10-17(11-14)12-15-8-9-16(19-15)13-5-2-1-3-6-13/h1-3,5-6,8-9,14,18H,4,7,10-12H2/t14-/m1/s1. The molecule has 100 valence electrons. The smallest absolute Gasteiger partial charge is 0.0667 e. The molecular weight excluding hydrogens is 254 g/mol. The van der Waals surface area contributed by atoms with Crippen molar-refractivity contribution in [3.8, 4) is 10.4 Å². The van der Waals surface area contributed by atoms with Crippen LogP contribution in [0.15, 0.2) is 42.5 Å². The summed E-state index contributed by atoms with van der Waals surface area (Å²) in [6.45, 7) is 2.89. The maximum Gasteiger partial charge on any atom is 0.0667 e. The van der Waals surface area contributed by atoms with E-state index in [0.717, 1.165) is 32.5 Å². The molecule has 0 unspecified atom stereocenters. The van der Waals surface area contributed by atoms with Crippen molar-refractivity contribution in [3.05, 3.63) is 47.3 Å². The third-order valence-electron chi connectivity index (χ3n) is 3.58. The van der Waals surface area contributed by atoms with E-state index in [4.69, 9.17) is 0 Å². The van der Waals surface area contributed by atoms with Crippen LogP contribution in [0.2, 0.25) is 0 Å². The highest BCUT2D eigenvalue weighted by Crippen LogP contribution is 2.29. The van der Waals surface area contributed by atoms with E-state index in [0.29, 0.717) is 0 Å². The Bertz CT molecular complexity index is 523. The van der Waals surface area contributed by atoms with Gasteiger partial charge in [0, 0.05) is 22.8 Å². The van der Waals surface area contributed by atoms with Gasteiger partial charge in [-0.15, -0.1) is 11.3 Å². The maximum atomic E-state index is 9.70. The minimum absolute atomic E-state index is 0.137. The van der Waals surface area contributed by atoms with Gasteiger partial charge in [-0.1, -0.05) is 30.3 Å². The molecule has 1 aliphatic rings. The molecule has 2 heterocycles. The Hall–Kier alpha value is -1.16. The Morgan fingerprint density at radius 3 is 2.79 bits per heavy atom. The monoisotopic (exact) mass is 273 g/mol. The number of β-amino-alcohol motifs (C(OH)–C–C–N with tert-alkyl or cyclic N) is 1. The number of hydrogen-bond donors (Lipinski definition) is 1. The van der Waals surface area contributed by atoms with E-state index in [-0.39, 0.29) is 6.10 Å². The fourth-order valence-electron chi connectivity index (χ4n) is 2.62. The highest BCUT2D eigenvalue weighted by Gasteiger charge is 2.18. The van der Waals surface area contributed by atoms with E-state index in [1.165, 1.54) is 15.3 Å². The molecule has 0 spiro atoms. The van der Waals surface area contributed by atoms with Gasteiger partial charge in [0.15, 0.2) is 0 Å². The number of aliphatic hydroxyl groups excluding tert-OH is 1. The summed E-state index contributed by atoms with van der Waals surface area (Å²) in [5.41, 5.74) is 1.29. The molecule has 0 aliphatic carbocycles. The van der Waals surface area contributed by atoms with Gasteiger partial charge in [0.05, 0.1) is 6.10 Å². The summed E-state index contributed by atoms with van der Waals surface area (Å²) in [6.07, 6.45) is 1.93. The Labute approximate surface area is 118 Å². The molecule has 0 saturated carbocycles. The van der Waals surface area contributed by atoms with Gasteiger partial charge in [-0.2, -0.15) is 0 Å². The number of hydrogen-bond acceptors (Lipinski definition) is 3. The fraction of sp³-hybridized carbons (Fsp3) is 0.375. The van der Waals surface area contributed by atoms with E-state index >= 15 is 0 Å². The number of likely N-dealkylation sites (tertiary alicyclic amines) is 1. The average molecular weight is 273 g/mol. The summed E-state index contributed by atoms with van der Waals surface area (Å²) in [7, 11) is 0. The molecule has 19 heavy (non-hydrogen) atoms. The first-order chi connectivity index (χ1) is 9.31. The summed E-state index contributed by atoms with van der Waals surface area (Å²) in [6, 6.07) is 14.9. The molecule has 0 bridgehead atoms. The summed E-state index contributed by atoms with van der Waals surface area (Å²) >= 11 is 1.86. The zero-order chi connectivity index (χ0) is 13.1. The Morgan fingerprint density at radius 2 is 2.00 bits per heavy atom. The Balaban J connectivity index is 1.68. The lowest BCUT2D eigenvalue weighted by Crippen LogP contribution is -2.37. The Kier molecular flexibility index (Phi) is 3.97. The summed E-state index contributed by atoms with van der Waals surface area (Å²) in [5, 5.41) is 9.70. The second-order valence-corrected chi connectivity index (χ2v) is 6.33. The third kappa shape index (κ3) is 3.24. The number of benzene rings is 1. The van der Waals surface area contributed by atoms with E-state index in [2.05, 4.69) is 41.3 Å². The number of nitrogens with zero attached hydrogens (tertiary/aromatic N) is 1. The van der Waals surface area contributed by atoms with Gasteiger partial charge in [-0.05, 0) is 37.1 Å². The van der Waals surface area contributed by atoms with Crippen LogP contribution in [0.25, 0.3) is 10.4 Å². The molecule has 1 aromatic carbocycles. The summed E-state index contributed by atoms with van der Waals surface area (Å²) < 4.78 is 0. The highest BCUT2D eigenvalue weighted by molar-refractivity contribution is 7.15. The van der Waals surface area contributed by atoms with Crippen LogP contribution in [0.3, 0.4) is 0 Å². The van der Waals surface area contributed by atoms with Crippen LogP contribution in [0, 0.1) is 0 Å². The molecular formula is C16H19NOS. The first-order valence-electron chi connectivity index (χ1n) is 6.86. The molecule has 1 atom stereocenters. The van der Waals surface area contributed by atoms with Crippen molar-refractivity contribution in [3.63, 3.8) is 0 Å². The third-order valence-corrected chi connectivity index (χ3v) is 4.70. The molecule has 1 aromatic heterocycles. The molecule has 3 heteroatoms. The number of aliphatic hydroxyl groups is 1. The average Bonchev–Trinajstić information content (AvgIpc) is 2.88. The minimum atomic E-state index is -0.137. The lowest BCUT2D eigenvalue weighted by molar-refractivity contribution is 0.0673. The minimum Gasteiger partial charge on any atom is -0.392 e. The topological polar surface area (TPSA) is 23.5 Å². The van der Waals surface area contributed by atoms with Gasteiger partial charge in [0.1, 0.15) is 0 Å². The number of thiophene rings is 1. The van der Waals surface area contributed by atoms with Crippen molar-refractivity contribution in [2.24, 2.45) is 0 Å². The van der Waals surface area contributed by atoms with Gasteiger partial charge < -0.3 is 5.11 Å². The van der Waals surface area contributed by atoms with Crippen molar-refractivity contribution in [1.82, 2.24) is 4.90 Å². The zero-order valence-electron chi connectivity index (χ0n) is 11.0. The van der Waals surface area contributed by atoms with Crippen LogP contribution in [-0.2, 0) is 6.54 Å². The van der Waals surface area contributed by atoms with Gasteiger partial charge in [0.2, 0.25) is 0 Å². The van der Waals surface area contributed by atoms with Crippen molar-refractivity contribution in [2.45, 2.75) is 25.5 Å². The predicted molar refractivity (Wildman–Crippen MR) is 80.3 cm³/mol. The normalized spacial score (nSPS) is 20.6. The molecule has 1 saturated heterocycles. The van der Waals surface area contributed by atoms with Crippen molar-refractivity contribution in [2.75, 3.05) is 13.1 Å². The van der Waals surface area contributed by atoms with Crippen LogP contribution in [0.4, 0.5) is 0 Å². The van der Waals surface area contributed by atoms with Crippen LogP contribution in [-0.4, -0.2) is 29.2 Å². The van der Waals surface area contributed by atoms with Crippen molar-refractivity contribution in [1.29, 1.82) is 0 Å². The molecule has 0 amide bonds. The van der Waals surface area contributed by atoms with E-state index in [1.54, 1.807) is 0 Å². The van der Waals surface area contributed by atoms with Crippen LogP contribution in [0.1, 0.15) is 17.7 Å². The van der Waals surface area contributed by atoms with Crippen LogP contribution < -0.4 is 0 Å². The van der Waals surface area contributed by atoms with Crippen molar-refractivity contribution < 1.29 is 5.11 Å². The van der Waals surface area contributed by atoms with Gasteiger partial charge in [-0.3, -0.25) is 4.90 Å². The summed E-state index contributed by atoms with van der Waals surface area (Å²) in [4.78, 5) is 5.07.